The Balaban J connectivity index is 1.80. The number of nitrogens with zero attached hydrogens (tertiary/aromatic N) is 3. The van der Waals surface area contributed by atoms with Crippen LogP contribution >= 0.6 is 0 Å². The van der Waals surface area contributed by atoms with Crippen LogP contribution in [0.1, 0.15) is 5.82 Å². The largest absolute Gasteiger partial charge is 0.472 e. The van der Waals surface area contributed by atoms with Crippen molar-refractivity contribution in [1.82, 2.24) is 14.8 Å². The summed E-state index contributed by atoms with van der Waals surface area (Å²) in [6, 6.07) is 1.87. The number of aromatic nitrogens is 3. The van der Waals surface area contributed by atoms with E-state index in [1.165, 1.54) is 0 Å². The molecule has 114 valence electrons. The first-order valence-corrected chi connectivity index (χ1v) is 7.01. The highest BCUT2D eigenvalue weighted by molar-refractivity contribution is 5.52. The predicted molar refractivity (Wildman–Crippen MR) is 73.9 cm³/mol. The quantitative estimate of drug-likeness (QED) is 0.795. The van der Waals surface area contributed by atoms with Crippen molar-refractivity contribution in [2.45, 2.75) is 19.1 Å². The van der Waals surface area contributed by atoms with Crippen molar-refractivity contribution in [3.63, 3.8) is 0 Å². The lowest BCUT2D eigenvalue weighted by molar-refractivity contribution is -0.0945. The summed E-state index contributed by atoms with van der Waals surface area (Å²) in [7, 11) is 1.67. The SMILES string of the molecule is COCCc1nc(-c2ccoc2)n(CC2COCCO2)n1. The molecule has 7 heteroatoms. The third-order valence-electron chi connectivity index (χ3n) is 3.29. The fourth-order valence-electron chi connectivity index (χ4n) is 2.26. The van der Waals surface area contributed by atoms with Gasteiger partial charge < -0.3 is 18.6 Å². The maximum atomic E-state index is 5.68. The summed E-state index contributed by atoms with van der Waals surface area (Å²) in [6.07, 6.45) is 3.97. The standard InChI is InChI=1S/C14H19N3O4/c1-18-4-3-13-15-14(11-2-5-19-9-11)17(16-13)8-12-10-20-6-7-21-12/h2,5,9,12H,3-4,6-8,10H2,1H3. The third-order valence-corrected chi connectivity index (χ3v) is 3.29. The highest BCUT2D eigenvalue weighted by Crippen LogP contribution is 2.19. The first-order chi connectivity index (χ1) is 10.4. The van der Waals surface area contributed by atoms with Crippen LogP contribution in [0.15, 0.2) is 23.0 Å². The van der Waals surface area contributed by atoms with E-state index in [1.54, 1.807) is 19.6 Å². The van der Waals surface area contributed by atoms with Gasteiger partial charge in [-0.25, -0.2) is 9.67 Å². The van der Waals surface area contributed by atoms with E-state index in [4.69, 9.17) is 18.6 Å². The van der Waals surface area contributed by atoms with Crippen LogP contribution in [0.5, 0.6) is 0 Å². The van der Waals surface area contributed by atoms with E-state index in [-0.39, 0.29) is 6.10 Å². The second-order valence-corrected chi connectivity index (χ2v) is 4.86. The summed E-state index contributed by atoms with van der Waals surface area (Å²) < 4.78 is 23.2. The topological polar surface area (TPSA) is 71.5 Å². The Kier molecular flexibility index (Phi) is 4.64. The Morgan fingerprint density at radius 1 is 1.43 bits per heavy atom. The minimum atomic E-state index is 0.00127. The zero-order valence-electron chi connectivity index (χ0n) is 12.0. The van der Waals surface area contributed by atoms with Gasteiger partial charge in [0.05, 0.1) is 44.8 Å². The van der Waals surface area contributed by atoms with Gasteiger partial charge in [0.1, 0.15) is 12.4 Å². The average molecular weight is 293 g/mol. The van der Waals surface area contributed by atoms with Gasteiger partial charge in [-0.2, -0.15) is 5.10 Å². The molecule has 2 aromatic rings. The number of furan rings is 1. The lowest BCUT2D eigenvalue weighted by Gasteiger charge is -2.23. The Hall–Kier alpha value is -1.70. The van der Waals surface area contributed by atoms with E-state index in [2.05, 4.69) is 10.1 Å². The molecule has 1 fully saturated rings. The van der Waals surface area contributed by atoms with Crippen molar-refractivity contribution in [2.24, 2.45) is 0 Å². The number of hydrogen-bond acceptors (Lipinski definition) is 6. The predicted octanol–water partition coefficient (Wildman–Crippen LogP) is 1.14. The van der Waals surface area contributed by atoms with Gasteiger partial charge in [0.15, 0.2) is 11.6 Å². The van der Waals surface area contributed by atoms with Gasteiger partial charge in [-0.1, -0.05) is 0 Å². The highest BCUT2D eigenvalue weighted by atomic mass is 16.6. The average Bonchev–Trinajstić information content (AvgIpc) is 3.15. The molecule has 1 aliphatic rings. The van der Waals surface area contributed by atoms with Crippen molar-refractivity contribution < 1.29 is 18.6 Å². The summed E-state index contributed by atoms with van der Waals surface area (Å²) in [6.45, 7) is 3.06. The molecular formula is C14H19N3O4. The van der Waals surface area contributed by atoms with Crippen LogP contribution < -0.4 is 0 Å². The number of hydrogen-bond donors (Lipinski definition) is 0. The summed E-state index contributed by atoms with van der Waals surface area (Å²) >= 11 is 0. The summed E-state index contributed by atoms with van der Waals surface area (Å²) in [5.74, 6) is 1.54. The minimum absolute atomic E-state index is 0.00127. The van der Waals surface area contributed by atoms with Gasteiger partial charge in [-0.3, -0.25) is 0 Å². The molecule has 7 nitrogen and oxygen atoms in total. The lowest BCUT2D eigenvalue weighted by atomic mass is 10.3. The molecule has 0 bridgehead atoms. The zero-order chi connectivity index (χ0) is 14.5. The third kappa shape index (κ3) is 3.49. The highest BCUT2D eigenvalue weighted by Gasteiger charge is 2.20. The molecule has 0 aliphatic carbocycles. The zero-order valence-corrected chi connectivity index (χ0v) is 12.0. The van der Waals surface area contributed by atoms with Crippen LogP contribution in [0.25, 0.3) is 11.4 Å². The molecule has 21 heavy (non-hydrogen) atoms. The van der Waals surface area contributed by atoms with Gasteiger partial charge in [-0.15, -0.1) is 0 Å². The molecule has 0 aromatic carbocycles. The van der Waals surface area contributed by atoms with Crippen LogP contribution in [0.4, 0.5) is 0 Å². The lowest BCUT2D eigenvalue weighted by Crippen LogP contribution is -2.32. The molecule has 0 saturated carbocycles. The Morgan fingerprint density at radius 2 is 2.38 bits per heavy atom. The van der Waals surface area contributed by atoms with E-state index in [1.807, 2.05) is 10.7 Å². The number of ether oxygens (including phenoxy) is 3. The Morgan fingerprint density at radius 3 is 3.10 bits per heavy atom. The van der Waals surface area contributed by atoms with E-state index in [0.717, 1.165) is 17.2 Å². The van der Waals surface area contributed by atoms with Gasteiger partial charge in [0, 0.05) is 13.5 Å². The number of methoxy groups -OCH3 is 1. The van der Waals surface area contributed by atoms with Crippen molar-refractivity contribution >= 4 is 0 Å². The van der Waals surface area contributed by atoms with Crippen LogP contribution in [-0.4, -0.2) is 54.4 Å². The molecule has 0 radical (unpaired) electrons. The van der Waals surface area contributed by atoms with Crippen molar-refractivity contribution in [3.8, 4) is 11.4 Å². The second kappa shape index (κ2) is 6.84. The van der Waals surface area contributed by atoms with Crippen molar-refractivity contribution in [1.29, 1.82) is 0 Å². The molecule has 0 N–H and O–H groups in total. The van der Waals surface area contributed by atoms with E-state index in [9.17, 15) is 0 Å². The first-order valence-electron chi connectivity index (χ1n) is 7.01. The summed E-state index contributed by atoms with van der Waals surface area (Å²) in [5, 5.41) is 4.55. The monoisotopic (exact) mass is 293 g/mol. The van der Waals surface area contributed by atoms with Crippen LogP contribution in [0.3, 0.4) is 0 Å². The van der Waals surface area contributed by atoms with Gasteiger partial charge in [-0.05, 0) is 6.07 Å². The van der Waals surface area contributed by atoms with Crippen LogP contribution in [0, 0.1) is 0 Å². The Bertz CT molecular complexity index is 547. The Labute approximate surface area is 122 Å². The molecule has 1 aliphatic heterocycles. The van der Waals surface area contributed by atoms with Gasteiger partial charge >= 0.3 is 0 Å². The smallest absolute Gasteiger partial charge is 0.161 e. The maximum Gasteiger partial charge on any atom is 0.161 e. The molecule has 0 amide bonds. The maximum absolute atomic E-state index is 5.68. The van der Waals surface area contributed by atoms with Crippen LogP contribution in [-0.2, 0) is 27.2 Å². The fraction of sp³-hybridized carbons (Fsp3) is 0.571. The second-order valence-electron chi connectivity index (χ2n) is 4.86. The molecule has 0 spiro atoms. The molecule has 1 saturated heterocycles. The van der Waals surface area contributed by atoms with Crippen molar-refractivity contribution in [3.05, 3.63) is 24.4 Å². The van der Waals surface area contributed by atoms with Crippen molar-refractivity contribution in [2.75, 3.05) is 33.5 Å². The summed E-state index contributed by atoms with van der Waals surface area (Å²) in [4.78, 5) is 4.57. The molecule has 3 heterocycles. The van der Waals surface area contributed by atoms with E-state index < -0.39 is 0 Å². The summed E-state index contributed by atoms with van der Waals surface area (Å²) in [5.41, 5.74) is 0.905. The van der Waals surface area contributed by atoms with Gasteiger partial charge in [0.25, 0.3) is 0 Å². The molecular weight excluding hydrogens is 274 g/mol. The molecule has 3 rings (SSSR count). The van der Waals surface area contributed by atoms with E-state index in [0.29, 0.717) is 39.4 Å². The van der Waals surface area contributed by atoms with Crippen LogP contribution in [0.2, 0.25) is 0 Å². The first kappa shape index (κ1) is 14.2. The van der Waals surface area contributed by atoms with E-state index >= 15 is 0 Å². The van der Waals surface area contributed by atoms with Gasteiger partial charge in [0.2, 0.25) is 0 Å². The number of rotatable bonds is 6. The molecule has 1 unspecified atom stereocenters. The minimum Gasteiger partial charge on any atom is -0.472 e. The molecule has 2 aromatic heterocycles. The normalized spacial score (nSPS) is 19.0. The fourth-order valence-corrected chi connectivity index (χ4v) is 2.26. The molecule has 1 atom stereocenters.